The van der Waals surface area contributed by atoms with Crippen LogP contribution < -0.4 is 10.2 Å². The van der Waals surface area contributed by atoms with E-state index in [4.69, 9.17) is 11.6 Å². The average Bonchev–Trinajstić information content (AvgIpc) is 2.77. The van der Waals surface area contributed by atoms with Crippen molar-refractivity contribution in [3.8, 4) is 0 Å². The second-order valence-electron chi connectivity index (χ2n) is 6.67. The summed E-state index contributed by atoms with van der Waals surface area (Å²) in [5.74, 6) is -1.94. The minimum atomic E-state index is -0.711. The van der Waals surface area contributed by atoms with Crippen LogP contribution in [0.3, 0.4) is 0 Å². The molecule has 0 aromatic heterocycles. The number of rotatable bonds is 3. The number of halogens is 2. The van der Waals surface area contributed by atoms with Crippen LogP contribution in [-0.4, -0.2) is 42.3 Å². The van der Waals surface area contributed by atoms with E-state index >= 15 is 0 Å². The summed E-state index contributed by atoms with van der Waals surface area (Å²) in [4.78, 5) is 40.2. The number of anilines is 2. The Hall–Kier alpha value is -2.93. The summed E-state index contributed by atoms with van der Waals surface area (Å²) in [6.45, 7) is 1.48. The van der Waals surface area contributed by atoms with Crippen molar-refractivity contribution in [2.24, 2.45) is 0 Å². The molecule has 1 aliphatic rings. The second-order valence-corrected chi connectivity index (χ2v) is 7.10. The quantitative estimate of drug-likeness (QED) is 0.854. The summed E-state index contributed by atoms with van der Waals surface area (Å²) in [6.07, 6.45) is 0.126. The highest BCUT2D eigenvalue weighted by Crippen LogP contribution is 2.31. The smallest absolute Gasteiger partial charge is 0.257 e. The van der Waals surface area contributed by atoms with E-state index in [0.29, 0.717) is 11.4 Å². The fourth-order valence-corrected chi connectivity index (χ4v) is 3.36. The molecule has 0 saturated carbocycles. The summed E-state index contributed by atoms with van der Waals surface area (Å²) >= 11 is 5.85. The van der Waals surface area contributed by atoms with Crippen molar-refractivity contribution in [2.75, 3.05) is 23.8 Å². The molecule has 0 bridgehead atoms. The Labute approximate surface area is 166 Å². The van der Waals surface area contributed by atoms with Gasteiger partial charge in [0, 0.05) is 24.5 Å². The SMILES string of the molecule is C[C@H]1CC(=O)Nc2ccccc2N1C(=O)CN(C)C(=O)c1cc(Cl)ccc1F. The predicted octanol–water partition coefficient (Wildman–Crippen LogP) is 3.32. The lowest BCUT2D eigenvalue weighted by Crippen LogP contribution is -2.45. The van der Waals surface area contributed by atoms with E-state index < -0.39 is 17.8 Å². The fourth-order valence-electron chi connectivity index (χ4n) is 3.19. The molecule has 0 saturated heterocycles. The van der Waals surface area contributed by atoms with Crippen molar-refractivity contribution >= 4 is 40.7 Å². The third kappa shape index (κ3) is 3.99. The molecule has 1 atom stereocenters. The first-order valence-corrected chi connectivity index (χ1v) is 9.07. The zero-order chi connectivity index (χ0) is 20.4. The van der Waals surface area contributed by atoms with Gasteiger partial charge in [-0.2, -0.15) is 0 Å². The summed E-state index contributed by atoms with van der Waals surface area (Å²) in [7, 11) is 1.42. The highest BCUT2D eigenvalue weighted by molar-refractivity contribution is 6.31. The van der Waals surface area contributed by atoms with Gasteiger partial charge in [-0.05, 0) is 37.3 Å². The van der Waals surface area contributed by atoms with Gasteiger partial charge in [0.2, 0.25) is 11.8 Å². The molecular formula is C20H19ClFN3O3. The zero-order valence-electron chi connectivity index (χ0n) is 15.4. The van der Waals surface area contributed by atoms with Gasteiger partial charge in [-0.1, -0.05) is 23.7 Å². The molecule has 1 aliphatic heterocycles. The van der Waals surface area contributed by atoms with E-state index in [1.165, 1.54) is 24.1 Å². The Morgan fingerprint density at radius 1 is 1.29 bits per heavy atom. The Morgan fingerprint density at radius 3 is 2.75 bits per heavy atom. The largest absolute Gasteiger partial charge is 0.332 e. The van der Waals surface area contributed by atoms with Crippen molar-refractivity contribution in [1.29, 1.82) is 0 Å². The first-order chi connectivity index (χ1) is 13.3. The van der Waals surface area contributed by atoms with Gasteiger partial charge in [-0.25, -0.2) is 4.39 Å². The van der Waals surface area contributed by atoms with Crippen molar-refractivity contribution in [3.63, 3.8) is 0 Å². The van der Waals surface area contributed by atoms with Gasteiger partial charge in [0.25, 0.3) is 5.91 Å². The monoisotopic (exact) mass is 403 g/mol. The molecule has 1 heterocycles. The molecule has 0 spiro atoms. The molecule has 0 radical (unpaired) electrons. The van der Waals surface area contributed by atoms with Gasteiger partial charge in [-0.3, -0.25) is 14.4 Å². The van der Waals surface area contributed by atoms with E-state index in [0.717, 1.165) is 11.0 Å². The number of carbonyl (C=O) groups excluding carboxylic acids is 3. The van der Waals surface area contributed by atoms with E-state index in [-0.39, 0.29) is 35.4 Å². The number of nitrogens with one attached hydrogen (secondary N) is 1. The number of hydrogen-bond donors (Lipinski definition) is 1. The molecule has 1 N–H and O–H groups in total. The Bertz CT molecular complexity index is 950. The first kappa shape index (κ1) is 19.8. The number of fused-ring (bicyclic) bond motifs is 1. The van der Waals surface area contributed by atoms with Crippen LogP contribution in [-0.2, 0) is 9.59 Å². The maximum absolute atomic E-state index is 14.0. The minimum absolute atomic E-state index is 0.126. The van der Waals surface area contributed by atoms with Crippen molar-refractivity contribution in [3.05, 3.63) is 58.9 Å². The molecule has 6 nitrogen and oxygen atoms in total. The van der Waals surface area contributed by atoms with E-state index in [9.17, 15) is 18.8 Å². The molecule has 28 heavy (non-hydrogen) atoms. The third-order valence-electron chi connectivity index (χ3n) is 4.51. The highest BCUT2D eigenvalue weighted by Gasteiger charge is 2.31. The molecule has 0 aliphatic carbocycles. The van der Waals surface area contributed by atoms with Crippen LogP contribution >= 0.6 is 11.6 Å². The molecule has 2 aromatic carbocycles. The topological polar surface area (TPSA) is 69.7 Å². The highest BCUT2D eigenvalue weighted by atomic mass is 35.5. The standard InChI is InChI=1S/C20H19ClFN3O3/c1-12-9-18(26)23-16-5-3-4-6-17(16)25(12)19(27)11-24(2)20(28)14-10-13(21)7-8-15(14)22/h3-8,10,12H,9,11H2,1-2H3,(H,23,26)/t12-/m0/s1. The minimum Gasteiger partial charge on any atom is -0.332 e. The molecule has 8 heteroatoms. The molecule has 0 unspecified atom stereocenters. The zero-order valence-corrected chi connectivity index (χ0v) is 16.2. The molecule has 2 aromatic rings. The van der Waals surface area contributed by atoms with Crippen LogP contribution in [0, 0.1) is 5.82 Å². The van der Waals surface area contributed by atoms with Crippen LogP contribution in [0.1, 0.15) is 23.7 Å². The van der Waals surface area contributed by atoms with Gasteiger partial charge in [-0.15, -0.1) is 0 Å². The summed E-state index contributed by atoms with van der Waals surface area (Å²) in [5.41, 5.74) is 0.879. The Morgan fingerprint density at radius 2 is 2.00 bits per heavy atom. The van der Waals surface area contributed by atoms with E-state index in [1.807, 2.05) is 0 Å². The second kappa shape index (κ2) is 7.98. The lowest BCUT2D eigenvalue weighted by molar-refractivity contribution is -0.119. The van der Waals surface area contributed by atoms with Crippen molar-refractivity contribution < 1.29 is 18.8 Å². The molecule has 146 valence electrons. The first-order valence-electron chi connectivity index (χ1n) is 8.69. The van der Waals surface area contributed by atoms with E-state index in [2.05, 4.69) is 5.32 Å². The number of likely N-dealkylation sites (N-methyl/N-ethyl adjacent to an activating group) is 1. The Balaban J connectivity index is 1.84. The van der Waals surface area contributed by atoms with Crippen LogP contribution in [0.2, 0.25) is 5.02 Å². The maximum Gasteiger partial charge on any atom is 0.257 e. The molecule has 0 fully saturated rings. The predicted molar refractivity (Wildman–Crippen MR) is 105 cm³/mol. The fraction of sp³-hybridized carbons (Fsp3) is 0.250. The van der Waals surface area contributed by atoms with Gasteiger partial charge in [0.05, 0.1) is 16.9 Å². The number of carbonyl (C=O) groups is 3. The van der Waals surface area contributed by atoms with Crippen molar-refractivity contribution in [1.82, 2.24) is 4.90 Å². The van der Waals surface area contributed by atoms with Crippen LogP contribution in [0.15, 0.2) is 42.5 Å². The number of hydrogen-bond acceptors (Lipinski definition) is 3. The van der Waals surface area contributed by atoms with Crippen molar-refractivity contribution in [2.45, 2.75) is 19.4 Å². The average molecular weight is 404 g/mol. The van der Waals surface area contributed by atoms with E-state index in [1.54, 1.807) is 31.2 Å². The summed E-state index contributed by atoms with van der Waals surface area (Å²) < 4.78 is 14.0. The molecule has 3 amide bonds. The van der Waals surface area contributed by atoms with Gasteiger partial charge < -0.3 is 15.1 Å². The maximum atomic E-state index is 14.0. The van der Waals surface area contributed by atoms with Crippen LogP contribution in [0.5, 0.6) is 0 Å². The van der Waals surface area contributed by atoms with Gasteiger partial charge in [0.1, 0.15) is 12.4 Å². The van der Waals surface area contributed by atoms with Crippen LogP contribution in [0.25, 0.3) is 0 Å². The summed E-state index contributed by atoms with van der Waals surface area (Å²) in [5, 5.41) is 3.00. The number of amides is 3. The van der Waals surface area contributed by atoms with Crippen LogP contribution in [0.4, 0.5) is 15.8 Å². The normalized spacial score (nSPS) is 16.1. The third-order valence-corrected chi connectivity index (χ3v) is 4.74. The lowest BCUT2D eigenvalue weighted by Gasteiger charge is -2.29. The van der Waals surface area contributed by atoms with Gasteiger partial charge >= 0.3 is 0 Å². The number of nitrogens with zero attached hydrogens (tertiary/aromatic N) is 2. The van der Waals surface area contributed by atoms with Gasteiger partial charge in [0.15, 0.2) is 0 Å². The molecular weight excluding hydrogens is 385 g/mol. The number of benzene rings is 2. The lowest BCUT2D eigenvalue weighted by atomic mass is 10.1. The number of para-hydroxylation sites is 2. The summed E-state index contributed by atoms with van der Waals surface area (Å²) in [6, 6.07) is 10.2. The molecule has 3 rings (SSSR count). The Kier molecular flexibility index (Phi) is 5.65.